The van der Waals surface area contributed by atoms with Crippen LogP contribution in [0.5, 0.6) is 0 Å². The Morgan fingerprint density at radius 3 is 2.19 bits per heavy atom. The Balaban J connectivity index is 1.69. The maximum Gasteiger partial charge on any atom is 0.313 e. The lowest BCUT2D eigenvalue weighted by atomic mass is 9.95. The summed E-state index contributed by atoms with van der Waals surface area (Å²) in [5.41, 5.74) is 0.412. The van der Waals surface area contributed by atoms with Crippen LogP contribution in [0.3, 0.4) is 0 Å². The highest BCUT2D eigenvalue weighted by Crippen LogP contribution is 2.47. The van der Waals surface area contributed by atoms with Crippen molar-refractivity contribution in [2.75, 3.05) is 0 Å². The molecule has 0 atom stereocenters. The molecule has 1 aliphatic carbocycles. The number of benzene rings is 4. The van der Waals surface area contributed by atoms with Crippen LogP contribution >= 0.6 is 0 Å². The number of hydrogen-bond donors (Lipinski definition) is 1. The van der Waals surface area contributed by atoms with Gasteiger partial charge < -0.3 is 5.11 Å². The van der Waals surface area contributed by atoms with Crippen molar-refractivity contribution in [3.8, 4) is 0 Å². The molecule has 126 valence electrons. The summed E-state index contributed by atoms with van der Waals surface area (Å²) in [7, 11) is 0. The minimum atomic E-state index is -0.716. The van der Waals surface area contributed by atoms with Gasteiger partial charge >= 0.3 is 5.97 Å². The van der Waals surface area contributed by atoms with Crippen LogP contribution in [0, 0.1) is 5.41 Å². The number of carbonyl (C=O) groups is 1. The smallest absolute Gasteiger partial charge is 0.313 e. The summed E-state index contributed by atoms with van der Waals surface area (Å²) in [4.78, 5) is 11.4. The Hall–Kier alpha value is -3.13. The van der Waals surface area contributed by atoms with Crippen LogP contribution < -0.4 is 0 Å². The summed E-state index contributed by atoms with van der Waals surface area (Å²) in [5.74, 6) is -0.716. The molecule has 0 spiro atoms. The fourth-order valence-electron chi connectivity index (χ4n) is 3.78. The molecule has 1 aliphatic rings. The summed E-state index contributed by atoms with van der Waals surface area (Å²) >= 11 is 0. The van der Waals surface area contributed by atoms with Crippen LogP contribution in [0.25, 0.3) is 38.4 Å². The third kappa shape index (κ3) is 2.30. The van der Waals surface area contributed by atoms with Crippen molar-refractivity contribution in [3.05, 3.63) is 78.4 Å². The molecule has 0 heterocycles. The molecule has 4 aromatic carbocycles. The van der Waals surface area contributed by atoms with Crippen molar-refractivity contribution in [3.63, 3.8) is 0 Å². The van der Waals surface area contributed by atoms with E-state index in [1.54, 1.807) is 0 Å². The van der Waals surface area contributed by atoms with E-state index in [2.05, 4.69) is 66.7 Å². The third-order valence-electron chi connectivity index (χ3n) is 5.58. The predicted octanol–water partition coefficient (Wildman–Crippen LogP) is 6.02. The Bertz CT molecular complexity index is 1210. The van der Waals surface area contributed by atoms with Gasteiger partial charge in [0.2, 0.25) is 0 Å². The Morgan fingerprint density at radius 2 is 1.46 bits per heavy atom. The molecule has 2 nitrogen and oxygen atoms in total. The highest BCUT2D eigenvalue weighted by atomic mass is 16.4. The van der Waals surface area contributed by atoms with Crippen molar-refractivity contribution in [1.29, 1.82) is 0 Å². The number of rotatable bonds is 3. The summed E-state index contributed by atoms with van der Waals surface area (Å²) in [5, 5.41) is 16.7. The number of carboxylic acids is 1. The molecule has 0 aromatic heterocycles. The second-order valence-electron chi connectivity index (χ2n) is 7.22. The highest BCUT2D eigenvalue weighted by molar-refractivity contribution is 6.17. The molecule has 0 amide bonds. The van der Waals surface area contributed by atoms with Gasteiger partial charge in [0, 0.05) is 0 Å². The lowest BCUT2D eigenvalue weighted by Crippen LogP contribution is -2.10. The molecule has 0 radical (unpaired) electrons. The van der Waals surface area contributed by atoms with Gasteiger partial charge in [-0.1, -0.05) is 72.8 Å². The van der Waals surface area contributed by atoms with E-state index in [0.29, 0.717) is 0 Å². The first-order valence-corrected chi connectivity index (χ1v) is 8.93. The Morgan fingerprint density at radius 1 is 0.808 bits per heavy atom. The van der Waals surface area contributed by atoms with Gasteiger partial charge in [-0.05, 0) is 56.8 Å². The Kier molecular flexibility index (Phi) is 3.17. The first-order valence-electron chi connectivity index (χ1n) is 8.93. The quantitative estimate of drug-likeness (QED) is 0.463. The fourth-order valence-corrected chi connectivity index (χ4v) is 3.78. The van der Waals surface area contributed by atoms with Crippen molar-refractivity contribution in [2.45, 2.75) is 12.8 Å². The van der Waals surface area contributed by atoms with Gasteiger partial charge in [0.25, 0.3) is 0 Å². The second-order valence-corrected chi connectivity index (χ2v) is 7.22. The van der Waals surface area contributed by atoms with Crippen LogP contribution in [0.15, 0.2) is 72.8 Å². The van der Waals surface area contributed by atoms with Crippen LogP contribution in [-0.4, -0.2) is 11.1 Å². The molecule has 5 rings (SSSR count). The zero-order chi connectivity index (χ0) is 17.7. The SMILES string of the molecule is O=C(O)C1(C=Cc2ccc3ccc4c5ccccc5ccc4c3c2)CC1. The normalized spacial score (nSPS) is 15.8. The molecule has 1 saturated carbocycles. The van der Waals surface area contributed by atoms with E-state index in [1.807, 2.05) is 12.2 Å². The van der Waals surface area contributed by atoms with Crippen LogP contribution in [0.2, 0.25) is 0 Å². The molecular weight excluding hydrogens is 320 g/mol. The number of fused-ring (bicyclic) bond motifs is 5. The Labute approximate surface area is 151 Å². The molecular formula is C24H18O2. The average molecular weight is 338 g/mol. The first-order chi connectivity index (χ1) is 12.7. The average Bonchev–Trinajstić information content (AvgIpc) is 3.47. The summed E-state index contributed by atoms with van der Waals surface area (Å²) < 4.78 is 0. The first kappa shape index (κ1) is 15.2. The predicted molar refractivity (Wildman–Crippen MR) is 107 cm³/mol. The summed E-state index contributed by atoms with van der Waals surface area (Å²) in [6.07, 6.45) is 5.29. The summed E-state index contributed by atoms with van der Waals surface area (Å²) in [6, 6.07) is 23.5. The lowest BCUT2D eigenvalue weighted by molar-refractivity contribution is -0.141. The van der Waals surface area contributed by atoms with E-state index in [9.17, 15) is 9.90 Å². The van der Waals surface area contributed by atoms with Gasteiger partial charge in [0.15, 0.2) is 0 Å². The maximum absolute atomic E-state index is 11.4. The lowest BCUT2D eigenvalue weighted by Gasteiger charge is -2.09. The van der Waals surface area contributed by atoms with E-state index in [-0.39, 0.29) is 0 Å². The minimum absolute atomic E-state index is 0.635. The number of hydrogen-bond acceptors (Lipinski definition) is 1. The van der Waals surface area contributed by atoms with E-state index in [0.717, 1.165) is 18.4 Å². The van der Waals surface area contributed by atoms with Crippen LogP contribution in [-0.2, 0) is 4.79 Å². The zero-order valence-electron chi connectivity index (χ0n) is 14.3. The molecule has 1 N–H and O–H groups in total. The highest BCUT2D eigenvalue weighted by Gasteiger charge is 2.47. The molecule has 2 heteroatoms. The molecule has 0 unspecified atom stereocenters. The maximum atomic E-state index is 11.4. The summed E-state index contributed by atoms with van der Waals surface area (Å²) in [6.45, 7) is 0. The van der Waals surface area contributed by atoms with Gasteiger partial charge in [0.1, 0.15) is 0 Å². The van der Waals surface area contributed by atoms with Gasteiger partial charge in [0.05, 0.1) is 5.41 Å². The van der Waals surface area contributed by atoms with Crippen molar-refractivity contribution < 1.29 is 9.90 Å². The van der Waals surface area contributed by atoms with Gasteiger partial charge in [-0.3, -0.25) is 4.79 Å². The molecule has 26 heavy (non-hydrogen) atoms. The van der Waals surface area contributed by atoms with Crippen molar-refractivity contribution in [2.24, 2.45) is 5.41 Å². The van der Waals surface area contributed by atoms with E-state index in [1.165, 1.54) is 32.3 Å². The molecule has 1 fully saturated rings. The molecule has 0 saturated heterocycles. The molecule has 0 aliphatic heterocycles. The van der Waals surface area contributed by atoms with E-state index >= 15 is 0 Å². The van der Waals surface area contributed by atoms with Crippen LogP contribution in [0.1, 0.15) is 18.4 Å². The van der Waals surface area contributed by atoms with Crippen LogP contribution in [0.4, 0.5) is 0 Å². The second kappa shape index (κ2) is 5.43. The zero-order valence-corrected chi connectivity index (χ0v) is 14.3. The number of aliphatic carboxylic acids is 1. The monoisotopic (exact) mass is 338 g/mol. The van der Waals surface area contributed by atoms with Crippen molar-refractivity contribution in [1.82, 2.24) is 0 Å². The third-order valence-corrected chi connectivity index (χ3v) is 5.58. The largest absolute Gasteiger partial charge is 0.481 e. The van der Waals surface area contributed by atoms with Gasteiger partial charge in [-0.2, -0.15) is 0 Å². The van der Waals surface area contributed by atoms with Gasteiger partial charge in [-0.15, -0.1) is 0 Å². The number of carboxylic acid groups (broad SMARTS) is 1. The van der Waals surface area contributed by atoms with Gasteiger partial charge in [-0.25, -0.2) is 0 Å². The van der Waals surface area contributed by atoms with Crippen molar-refractivity contribution >= 4 is 44.4 Å². The van der Waals surface area contributed by atoms with E-state index in [4.69, 9.17) is 0 Å². The minimum Gasteiger partial charge on any atom is -0.481 e. The fraction of sp³-hybridized carbons (Fsp3) is 0.125. The molecule has 0 bridgehead atoms. The molecule has 4 aromatic rings. The topological polar surface area (TPSA) is 37.3 Å². The standard InChI is InChI=1S/C24H18O2/c25-23(26)24(13-14-24)12-11-16-5-6-18-8-9-20-19-4-2-1-3-17(19)7-10-21(20)22(18)15-16/h1-12,15H,13-14H2,(H,25,26). The van der Waals surface area contributed by atoms with E-state index < -0.39 is 11.4 Å².